The van der Waals surface area contributed by atoms with Crippen molar-refractivity contribution in [2.75, 3.05) is 12.3 Å². The van der Waals surface area contributed by atoms with Gasteiger partial charge in [0, 0.05) is 24.7 Å². The van der Waals surface area contributed by atoms with Gasteiger partial charge in [0.1, 0.15) is 0 Å². The Balaban J connectivity index is 2.89. The molecule has 1 rings (SSSR count). The van der Waals surface area contributed by atoms with E-state index in [4.69, 9.17) is 16.3 Å². The van der Waals surface area contributed by atoms with E-state index in [1.165, 1.54) is 0 Å². The van der Waals surface area contributed by atoms with Crippen molar-refractivity contribution in [3.05, 3.63) is 24.0 Å². The highest BCUT2D eigenvalue weighted by atomic mass is 16.5. The maximum absolute atomic E-state index is 5.96. The van der Waals surface area contributed by atoms with Crippen molar-refractivity contribution in [1.82, 2.24) is 10.4 Å². The van der Waals surface area contributed by atoms with Gasteiger partial charge in [-0.15, -0.1) is 0 Å². The second-order valence-electron chi connectivity index (χ2n) is 5.79. The average Bonchev–Trinajstić information content (AvgIpc) is 2.34. The zero-order valence-corrected chi connectivity index (χ0v) is 12.3. The molecule has 0 fully saturated rings. The molecular weight excluding hydrogens is 240 g/mol. The number of anilines is 1. The normalized spacial score (nSPS) is 15.2. The van der Waals surface area contributed by atoms with Crippen LogP contribution < -0.4 is 17.0 Å². The quantitative estimate of drug-likeness (QED) is 0.536. The summed E-state index contributed by atoms with van der Waals surface area (Å²) in [5.41, 5.74) is 10.5. The predicted octanol–water partition coefficient (Wildman–Crippen LogP) is 1.49. The molecule has 1 aromatic heterocycles. The maximum atomic E-state index is 5.96. The Morgan fingerprint density at radius 2 is 2.11 bits per heavy atom. The average molecular weight is 266 g/mol. The summed E-state index contributed by atoms with van der Waals surface area (Å²) in [6.07, 6.45) is 4.17. The Bertz CT molecular complexity index is 389. The third-order valence-corrected chi connectivity index (χ3v) is 3.16. The summed E-state index contributed by atoms with van der Waals surface area (Å²) in [7, 11) is 0. The summed E-state index contributed by atoms with van der Waals surface area (Å²) in [6, 6.07) is 1.79. The van der Waals surface area contributed by atoms with Gasteiger partial charge in [0.25, 0.3) is 0 Å². The van der Waals surface area contributed by atoms with Gasteiger partial charge < -0.3 is 10.5 Å². The number of aromatic nitrogens is 1. The number of nitrogen functional groups attached to an aromatic ring is 1. The molecule has 5 heteroatoms. The first-order valence-electron chi connectivity index (χ1n) is 6.66. The van der Waals surface area contributed by atoms with Crippen LogP contribution >= 0.6 is 0 Å². The molecule has 0 amide bonds. The van der Waals surface area contributed by atoms with Crippen molar-refractivity contribution >= 4 is 5.69 Å². The van der Waals surface area contributed by atoms with Crippen molar-refractivity contribution in [3.63, 3.8) is 0 Å². The number of nitrogens with two attached hydrogens (primary N) is 2. The van der Waals surface area contributed by atoms with Gasteiger partial charge in [-0.05, 0) is 30.4 Å². The van der Waals surface area contributed by atoms with E-state index >= 15 is 0 Å². The monoisotopic (exact) mass is 266 g/mol. The number of pyridine rings is 1. The summed E-state index contributed by atoms with van der Waals surface area (Å²) in [4.78, 5) is 4.11. The fraction of sp³-hybridized carbons (Fsp3) is 0.643. The fourth-order valence-electron chi connectivity index (χ4n) is 2.25. The molecule has 108 valence electrons. The van der Waals surface area contributed by atoms with Crippen LogP contribution in [0, 0.1) is 5.41 Å². The highest BCUT2D eigenvalue weighted by Crippen LogP contribution is 2.27. The minimum atomic E-state index is -0.00990. The van der Waals surface area contributed by atoms with Crippen LogP contribution in [0.3, 0.4) is 0 Å². The van der Waals surface area contributed by atoms with Crippen LogP contribution in [-0.2, 0) is 11.2 Å². The summed E-state index contributed by atoms with van der Waals surface area (Å²) >= 11 is 0. The molecule has 19 heavy (non-hydrogen) atoms. The molecule has 0 aliphatic heterocycles. The smallest absolute Gasteiger partial charge is 0.0792 e. The number of ether oxygens (including phenoxy) is 1. The molecule has 0 saturated carbocycles. The van der Waals surface area contributed by atoms with Gasteiger partial charge in [-0.3, -0.25) is 16.3 Å². The number of nitrogens with one attached hydrogen (secondary N) is 1. The highest BCUT2D eigenvalue weighted by Gasteiger charge is 2.32. The number of hydrogen-bond acceptors (Lipinski definition) is 5. The van der Waals surface area contributed by atoms with E-state index in [9.17, 15) is 0 Å². The van der Waals surface area contributed by atoms with Gasteiger partial charge in [-0.1, -0.05) is 20.8 Å². The summed E-state index contributed by atoms with van der Waals surface area (Å²) < 4.78 is 5.87. The van der Waals surface area contributed by atoms with Crippen molar-refractivity contribution in [1.29, 1.82) is 0 Å². The molecule has 0 radical (unpaired) electrons. The Hall–Kier alpha value is -1.17. The highest BCUT2D eigenvalue weighted by molar-refractivity contribution is 5.44. The molecule has 0 aromatic carbocycles. The van der Waals surface area contributed by atoms with Gasteiger partial charge >= 0.3 is 0 Å². The van der Waals surface area contributed by atoms with Crippen LogP contribution in [-0.4, -0.2) is 23.7 Å². The lowest BCUT2D eigenvalue weighted by molar-refractivity contribution is -0.0355. The molecule has 0 aliphatic rings. The summed E-state index contributed by atoms with van der Waals surface area (Å²) in [6.45, 7) is 9.08. The van der Waals surface area contributed by atoms with Crippen LogP contribution in [0.15, 0.2) is 18.5 Å². The summed E-state index contributed by atoms with van der Waals surface area (Å²) in [5, 5.41) is 0. The van der Waals surface area contributed by atoms with Crippen LogP contribution in [0.5, 0.6) is 0 Å². The molecule has 5 nitrogen and oxygen atoms in total. The van der Waals surface area contributed by atoms with Crippen LogP contribution in [0.25, 0.3) is 0 Å². The molecule has 0 bridgehead atoms. The molecule has 0 spiro atoms. The summed E-state index contributed by atoms with van der Waals surface area (Å²) in [5.74, 6) is 5.71. The van der Waals surface area contributed by atoms with E-state index in [-0.39, 0.29) is 17.6 Å². The van der Waals surface area contributed by atoms with E-state index in [2.05, 4.69) is 31.2 Å². The van der Waals surface area contributed by atoms with E-state index < -0.39 is 0 Å². The maximum Gasteiger partial charge on any atom is 0.0792 e. The Labute approximate surface area is 115 Å². The van der Waals surface area contributed by atoms with E-state index in [1.807, 2.05) is 6.92 Å². The van der Waals surface area contributed by atoms with Gasteiger partial charge in [-0.25, -0.2) is 0 Å². The Morgan fingerprint density at radius 1 is 1.42 bits per heavy atom. The molecular formula is C14H26N4O. The second kappa shape index (κ2) is 6.84. The Kier molecular flexibility index (Phi) is 5.72. The number of nitrogens with zero attached hydrogens (tertiary/aromatic N) is 1. The molecule has 1 aromatic rings. The molecule has 2 unspecified atom stereocenters. The van der Waals surface area contributed by atoms with Crippen LogP contribution in [0.2, 0.25) is 0 Å². The second-order valence-corrected chi connectivity index (χ2v) is 5.79. The van der Waals surface area contributed by atoms with E-state index in [1.54, 1.807) is 18.5 Å². The zero-order valence-electron chi connectivity index (χ0n) is 12.3. The Morgan fingerprint density at radius 3 is 2.58 bits per heavy atom. The first kappa shape index (κ1) is 15.9. The standard InChI is InChI=1S/C14H26N4O/c1-5-19-13(14(2,3)4)12(18-16)8-10-9-17-7-6-11(10)15/h6-7,9,12-13,18H,5,8,16H2,1-4H3,(H2,15,17). The zero-order chi connectivity index (χ0) is 14.5. The van der Waals surface area contributed by atoms with Crippen LogP contribution in [0.4, 0.5) is 5.69 Å². The van der Waals surface area contributed by atoms with Crippen molar-refractivity contribution in [3.8, 4) is 0 Å². The van der Waals surface area contributed by atoms with Gasteiger partial charge in [0.2, 0.25) is 0 Å². The predicted molar refractivity (Wildman–Crippen MR) is 78.3 cm³/mol. The van der Waals surface area contributed by atoms with E-state index in [0.717, 1.165) is 11.3 Å². The van der Waals surface area contributed by atoms with Crippen molar-refractivity contribution in [2.45, 2.75) is 46.3 Å². The lowest BCUT2D eigenvalue weighted by Crippen LogP contribution is -2.52. The molecule has 0 aliphatic carbocycles. The van der Waals surface area contributed by atoms with Gasteiger partial charge in [-0.2, -0.15) is 0 Å². The third kappa shape index (κ3) is 4.45. The minimum Gasteiger partial charge on any atom is -0.398 e. The fourth-order valence-corrected chi connectivity index (χ4v) is 2.25. The first-order chi connectivity index (χ1) is 8.90. The molecule has 5 N–H and O–H groups in total. The van der Waals surface area contributed by atoms with E-state index in [0.29, 0.717) is 13.0 Å². The van der Waals surface area contributed by atoms with Crippen molar-refractivity contribution < 1.29 is 4.74 Å². The topological polar surface area (TPSA) is 86.2 Å². The number of hydrazine groups is 1. The van der Waals surface area contributed by atoms with Crippen molar-refractivity contribution in [2.24, 2.45) is 11.3 Å². The van der Waals surface area contributed by atoms with Gasteiger partial charge in [0.05, 0.1) is 12.1 Å². The third-order valence-electron chi connectivity index (χ3n) is 3.16. The molecule has 0 saturated heterocycles. The van der Waals surface area contributed by atoms with Crippen LogP contribution in [0.1, 0.15) is 33.3 Å². The molecule has 2 atom stereocenters. The minimum absolute atomic E-state index is 0.00195. The van der Waals surface area contributed by atoms with Gasteiger partial charge in [0.15, 0.2) is 0 Å². The number of rotatable bonds is 6. The SMILES string of the molecule is CCOC(C(Cc1cnccc1N)NN)C(C)(C)C. The lowest BCUT2D eigenvalue weighted by Gasteiger charge is -2.36. The lowest BCUT2D eigenvalue weighted by atomic mass is 9.82. The molecule has 1 heterocycles. The number of hydrogen-bond donors (Lipinski definition) is 3. The first-order valence-corrected chi connectivity index (χ1v) is 6.66. The largest absolute Gasteiger partial charge is 0.398 e.